The van der Waals surface area contributed by atoms with Crippen LogP contribution in [0, 0.1) is 27.4 Å². The molecule has 3 aliphatic carbocycles. The monoisotopic (exact) mass is 725 g/mol. The van der Waals surface area contributed by atoms with E-state index in [-0.39, 0.29) is 35.3 Å². The van der Waals surface area contributed by atoms with Gasteiger partial charge in [-0.2, -0.15) is 0 Å². The number of aromatic amines is 1. The van der Waals surface area contributed by atoms with Gasteiger partial charge in [-0.25, -0.2) is 0 Å². The van der Waals surface area contributed by atoms with Gasteiger partial charge in [0.2, 0.25) is 17.7 Å². The Labute approximate surface area is 304 Å². The number of H-pyrrole nitrogens is 1. The largest absolute Gasteiger partial charge is 0.381 e. The highest BCUT2D eigenvalue weighted by molar-refractivity contribution is 5.98. The summed E-state index contributed by atoms with van der Waals surface area (Å²) in [4.78, 5) is 84.1. The van der Waals surface area contributed by atoms with E-state index in [0.29, 0.717) is 38.5 Å². The fourth-order valence-electron chi connectivity index (χ4n) is 8.23. The standard InChI is InChI=1S/C37H55N7O8/c1-5-11-25(30(45)35(49)39-23-16-17-23)40-33(47)28-18-22-14-9-10-15-27(22)43(28)36(50)31(37(2,3)4)42-34(48)29(21-12-7-6-8-13-21)41-32(46)26-19-24(20-38-26)44(51)52/h16-17,19-23,25,27-31,38,45H,5-15,18H2,1-4H3,(H,39,49)(H,40,47)(H,41,46)(H,42,48)/t22-,25-,27-,28-,29-,30+,31+/m0/s1. The number of fused-ring (bicyclic) bond motifs is 1. The number of nitrogens with one attached hydrogen (secondary N) is 5. The smallest absolute Gasteiger partial charge is 0.287 e. The average Bonchev–Trinajstić information content (AvgIpc) is 3.62. The second-order valence-electron chi connectivity index (χ2n) is 16.1. The summed E-state index contributed by atoms with van der Waals surface area (Å²) in [6.45, 7) is 7.42. The fourth-order valence-corrected chi connectivity index (χ4v) is 8.23. The van der Waals surface area contributed by atoms with Crippen LogP contribution >= 0.6 is 0 Å². The Hall–Kier alpha value is -4.27. The van der Waals surface area contributed by atoms with Crippen LogP contribution in [0.2, 0.25) is 0 Å². The lowest BCUT2D eigenvalue weighted by Crippen LogP contribution is -2.63. The number of likely N-dealkylation sites (tertiary alicyclic amines) is 1. The number of aliphatic hydroxyl groups excluding tert-OH is 1. The van der Waals surface area contributed by atoms with Gasteiger partial charge < -0.3 is 36.3 Å². The summed E-state index contributed by atoms with van der Waals surface area (Å²) in [5, 5.41) is 33.6. The number of amides is 5. The molecule has 3 fully saturated rings. The van der Waals surface area contributed by atoms with Gasteiger partial charge in [0.05, 0.1) is 23.2 Å². The lowest BCUT2D eigenvalue weighted by molar-refractivity contribution is -0.384. The Bertz CT molecular complexity index is 1520. The first kappa shape index (κ1) is 38.9. The van der Waals surface area contributed by atoms with Crippen molar-refractivity contribution in [1.82, 2.24) is 31.2 Å². The quantitative estimate of drug-likeness (QED) is 0.0950. The second kappa shape index (κ2) is 16.6. The first-order valence-electron chi connectivity index (χ1n) is 18.9. The Morgan fingerprint density at radius 2 is 1.65 bits per heavy atom. The number of carbonyl (C=O) groups excluding carboxylic acids is 5. The molecule has 0 spiro atoms. The fraction of sp³-hybridized carbons (Fsp3) is 0.703. The van der Waals surface area contributed by atoms with Crippen molar-refractivity contribution in [3.05, 3.63) is 40.2 Å². The Morgan fingerprint density at radius 1 is 0.981 bits per heavy atom. The Morgan fingerprint density at radius 3 is 2.27 bits per heavy atom. The Kier molecular flexibility index (Phi) is 12.4. The molecule has 0 bridgehead atoms. The number of aromatic nitrogens is 1. The van der Waals surface area contributed by atoms with Crippen LogP contribution in [0.1, 0.15) is 115 Å². The third-order valence-corrected chi connectivity index (χ3v) is 11.1. The molecule has 1 saturated heterocycles. The number of rotatable bonds is 14. The molecule has 286 valence electrons. The number of carbonyl (C=O) groups is 5. The van der Waals surface area contributed by atoms with Gasteiger partial charge >= 0.3 is 0 Å². The molecule has 1 aromatic heterocycles. The summed E-state index contributed by atoms with van der Waals surface area (Å²) in [6.07, 6.45) is 12.2. The van der Waals surface area contributed by atoms with Crippen LogP contribution in [-0.4, -0.2) is 91.8 Å². The number of hydrogen-bond acceptors (Lipinski definition) is 8. The number of aliphatic hydroxyl groups is 1. The van der Waals surface area contributed by atoms with E-state index < -0.39 is 70.1 Å². The topological polar surface area (TPSA) is 216 Å². The minimum atomic E-state index is -1.47. The minimum Gasteiger partial charge on any atom is -0.381 e. The molecule has 0 aromatic carbocycles. The SMILES string of the molecule is CCC[C@H](NC(=O)[C@@H]1C[C@@H]2CCCC[C@@H]2N1C(=O)[C@@H](NC(=O)[C@@H](NC(=O)c1cc([N+](=O)[O-])c[nH]1)C1CCCCC1)C(C)(C)C)[C@@H](O)C(=O)NC1C=C1. The van der Waals surface area contributed by atoms with Gasteiger partial charge in [-0.3, -0.25) is 34.1 Å². The molecule has 7 atom stereocenters. The first-order valence-corrected chi connectivity index (χ1v) is 18.9. The highest BCUT2D eigenvalue weighted by atomic mass is 16.6. The second-order valence-corrected chi connectivity index (χ2v) is 16.1. The van der Waals surface area contributed by atoms with E-state index in [1.165, 1.54) is 0 Å². The number of nitro groups is 1. The maximum absolute atomic E-state index is 14.8. The minimum absolute atomic E-state index is 0.0498. The maximum atomic E-state index is 14.8. The predicted octanol–water partition coefficient (Wildman–Crippen LogP) is 2.99. The van der Waals surface area contributed by atoms with E-state index >= 15 is 0 Å². The lowest BCUT2D eigenvalue weighted by atomic mass is 9.81. The molecule has 0 radical (unpaired) electrons. The average molecular weight is 726 g/mol. The molecule has 15 nitrogen and oxygen atoms in total. The van der Waals surface area contributed by atoms with E-state index in [0.717, 1.165) is 50.8 Å². The van der Waals surface area contributed by atoms with Crippen molar-refractivity contribution in [2.45, 2.75) is 147 Å². The van der Waals surface area contributed by atoms with Crippen LogP contribution in [-0.2, 0) is 19.2 Å². The molecule has 0 unspecified atom stereocenters. The van der Waals surface area contributed by atoms with Crippen LogP contribution in [0.25, 0.3) is 0 Å². The zero-order valence-corrected chi connectivity index (χ0v) is 30.7. The molecular formula is C37H55N7O8. The van der Waals surface area contributed by atoms with Crippen molar-refractivity contribution >= 4 is 35.2 Å². The predicted molar refractivity (Wildman–Crippen MR) is 192 cm³/mol. The van der Waals surface area contributed by atoms with Crippen molar-refractivity contribution in [1.29, 1.82) is 0 Å². The molecule has 52 heavy (non-hydrogen) atoms. The van der Waals surface area contributed by atoms with Crippen molar-refractivity contribution in [2.24, 2.45) is 17.3 Å². The van der Waals surface area contributed by atoms with Crippen molar-refractivity contribution in [3.8, 4) is 0 Å². The number of nitrogens with zero attached hydrogens (tertiary/aromatic N) is 2. The molecule has 2 heterocycles. The molecule has 15 heteroatoms. The molecule has 4 aliphatic rings. The van der Waals surface area contributed by atoms with Crippen LogP contribution in [0.5, 0.6) is 0 Å². The molecule has 1 aromatic rings. The number of hydrogen-bond donors (Lipinski definition) is 6. The lowest BCUT2D eigenvalue weighted by Gasteiger charge is -2.40. The van der Waals surface area contributed by atoms with Crippen molar-refractivity contribution in [3.63, 3.8) is 0 Å². The van der Waals surface area contributed by atoms with Crippen LogP contribution in [0.15, 0.2) is 24.4 Å². The third kappa shape index (κ3) is 9.20. The Balaban J connectivity index is 1.38. The zero-order chi connectivity index (χ0) is 37.7. The van der Waals surface area contributed by atoms with Gasteiger partial charge in [0.15, 0.2) is 6.10 Å². The molecule has 1 aliphatic heterocycles. The van der Waals surface area contributed by atoms with Crippen LogP contribution < -0.4 is 21.3 Å². The van der Waals surface area contributed by atoms with Gasteiger partial charge in [0.25, 0.3) is 17.5 Å². The van der Waals surface area contributed by atoms with Crippen molar-refractivity contribution < 1.29 is 34.0 Å². The van der Waals surface area contributed by atoms with Crippen molar-refractivity contribution in [2.75, 3.05) is 0 Å². The van der Waals surface area contributed by atoms with E-state index in [4.69, 9.17) is 0 Å². The van der Waals surface area contributed by atoms with Gasteiger partial charge in [-0.05, 0) is 55.8 Å². The van der Waals surface area contributed by atoms with Gasteiger partial charge in [-0.15, -0.1) is 0 Å². The molecule has 6 N–H and O–H groups in total. The summed E-state index contributed by atoms with van der Waals surface area (Å²) >= 11 is 0. The summed E-state index contributed by atoms with van der Waals surface area (Å²) in [7, 11) is 0. The van der Waals surface area contributed by atoms with Gasteiger partial charge in [-0.1, -0.05) is 78.4 Å². The summed E-state index contributed by atoms with van der Waals surface area (Å²) < 4.78 is 0. The van der Waals surface area contributed by atoms with E-state index in [1.54, 1.807) is 17.1 Å². The highest BCUT2D eigenvalue weighted by Gasteiger charge is 2.51. The molecule has 5 rings (SSSR count). The zero-order valence-electron chi connectivity index (χ0n) is 30.7. The van der Waals surface area contributed by atoms with Gasteiger partial charge in [0.1, 0.15) is 23.8 Å². The molecule has 5 amide bonds. The maximum Gasteiger partial charge on any atom is 0.287 e. The van der Waals surface area contributed by atoms with Gasteiger partial charge in [0, 0.05) is 12.1 Å². The highest BCUT2D eigenvalue weighted by Crippen LogP contribution is 2.41. The first-order chi connectivity index (χ1) is 24.7. The normalized spacial score (nSPS) is 24.2. The van der Waals surface area contributed by atoms with E-state index in [2.05, 4.69) is 26.3 Å². The van der Waals surface area contributed by atoms with E-state index in [1.807, 2.05) is 27.7 Å². The van der Waals surface area contributed by atoms with Crippen LogP contribution in [0.4, 0.5) is 5.69 Å². The summed E-state index contributed by atoms with van der Waals surface area (Å²) in [5.41, 5.74) is -1.12. The van der Waals surface area contributed by atoms with E-state index in [9.17, 15) is 39.2 Å². The summed E-state index contributed by atoms with van der Waals surface area (Å²) in [5.74, 6) is -2.73. The molecular weight excluding hydrogens is 670 g/mol. The third-order valence-electron chi connectivity index (χ3n) is 11.1. The van der Waals surface area contributed by atoms with Crippen LogP contribution in [0.3, 0.4) is 0 Å². The summed E-state index contributed by atoms with van der Waals surface area (Å²) in [6, 6.07) is -3.06. The molecule has 2 saturated carbocycles.